The second-order valence-corrected chi connectivity index (χ2v) is 3.17. The molecule has 1 aromatic rings. The highest BCUT2D eigenvalue weighted by atomic mass is 16.5. The fraction of sp³-hybridized carbons (Fsp3) is 0.500. The zero-order valence-electron chi connectivity index (χ0n) is 9.79. The van der Waals surface area contributed by atoms with E-state index in [2.05, 4.69) is 34.0 Å². The molecule has 1 aromatic heterocycles. The molecule has 4 nitrogen and oxygen atoms in total. The Morgan fingerprint density at radius 1 is 1.50 bits per heavy atom. The predicted molar refractivity (Wildman–Crippen MR) is 64.4 cm³/mol. The van der Waals surface area contributed by atoms with E-state index in [1.807, 2.05) is 6.92 Å². The molecule has 0 amide bonds. The third-order valence-corrected chi connectivity index (χ3v) is 1.79. The first-order valence-corrected chi connectivity index (χ1v) is 5.46. The fourth-order valence-corrected chi connectivity index (χ4v) is 1.08. The first-order chi connectivity index (χ1) is 7.86. The molecule has 0 aromatic carbocycles. The molecule has 0 aliphatic rings. The number of nitrogens with one attached hydrogen (secondary N) is 1. The zero-order chi connectivity index (χ0) is 11.6. The van der Waals surface area contributed by atoms with Crippen molar-refractivity contribution < 1.29 is 4.74 Å². The Morgan fingerprint density at radius 2 is 2.38 bits per heavy atom. The highest BCUT2D eigenvalue weighted by Gasteiger charge is 1.98. The summed E-state index contributed by atoms with van der Waals surface area (Å²) in [5.41, 5.74) is 0. The molecule has 1 heterocycles. The Morgan fingerprint density at radius 3 is 3.12 bits per heavy atom. The Balaban J connectivity index is 2.42. The fourth-order valence-electron chi connectivity index (χ4n) is 1.08. The quantitative estimate of drug-likeness (QED) is 0.588. The van der Waals surface area contributed by atoms with Gasteiger partial charge in [0.05, 0.1) is 6.61 Å². The van der Waals surface area contributed by atoms with E-state index in [1.54, 1.807) is 12.3 Å². The van der Waals surface area contributed by atoms with Crippen molar-refractivity contribution in [3.05, 3.63) is 12.3 Å². The molecule has 0 aliphatic carbocycles. The average molecular weight is 219 g/mol. The lowest BCUT2D eigenvalue weighted by Crippen LogP contribution is -2.06. The van der Waals surface area contributed by atoms with Gasteiger partial charge in [0.25, 0.3) is 0 Å². The van der Waals surface area contributed by atoms with Crippen molar-refractivity contribution in [1.82, 2.24) is 9.97 Å². The normalized spacial score (nSPS) is 9.12. The monoisotopic (exact) mass is 219 g/mol. The summed E-state index contributed by atoms with van der Waals surface area (Å²) in [4.78, 5) is 8.31. The Kier molecular flexibility index (Phi) is 5.79. The van der Waals surface area contributed by atoms with E-state index in [-0.39, 0.29) is 0 Å². The van der Waals surface area contributed by atoms with Crippen LogP contribution in [0.15, 0.2) is 12.3 Å². The minimum absolute atomic E-state index is 0.589. The van der Waals surface area contributed by atoms with Crippen LogP contribution in [0.25, 0.3) is 0 Å². The first-order valence-electron chi connectivity index (χ1n) is 5.46. The Hall–Kier alpha value is -1.76. The van der Waals surface area contributed by atoms with Crippen LogP contribution in [-0.4, -0.2) is 23.1 Å². The van der Waals surface area contributed by atoms with E-state index >= 15 is 0 Å². The molecule has 0 radical (unpaired) electrons. The van der Waals surface area contributed by atoms with Gasteiger partial charge in [0, 0.05) is 25.2 Å². The van der Waals surface area contributed by atoms with E-state index in [1.165, 1.54) is 0 Å². The van der Waals surface area contributed by atoms with Crippen LogP contribution >= 0.6 is 0 Å². The van der Waals surface area contributed by atoms with Crippen LogP contribution in [-0.2, 0) is 0 Å². The predicted octanol–water partition coefficient (Wildman–Crippen LogP) is 2.09. The van der Waals surface area contributed by atoms with E-state index in [9.17, 15) is 0 Å². The molecule has 86 valence electrons. The van der Waals surface area contributed by atoms with Gasteiger partial charge in [-0.2, -0.15) is 4.98 Å². The highest BCUT2D eigenvalue weighted by Crippen LogP contribution is 2.08. The minimum Gasteiger partial charge on any atom is -0.478 e. The summed E-state index contributed by atoms with van der Waals surface area (Å²) in [6.07, 6.45) is 3.45. The lowest BCUT2D eigenvalue weighted by Gasteiger charge is -2.05. The van der Waals surface area contributed by atoms with Crippen LogP contribution in [0, 0.1) is 11.8 Å². The van der Waals surface area contributed by atoms with Crippen LogP contribution in [0.1, 0.15) is 26.7 Å². The zero-order valence-corrected chi connectivity index (χ0v) is 9.79. The van der Waals surface area contributed by atoms with Crippen molar-refractivity contribution in [2.45, 2.75) is 26.7 Å². The SMILES string of the molecule is CC#CCCNc1nccc(OCCC)n1. The molecule has 0 saturated heterocycles. The number of rotatable bonds is 6. The number of ether oxygens (including phenoxy) is 1. The van der Waals surface area contributed by atoms with Gasteiger partial charge in [0.1, 0.15) is 0 Å². The smallest absolute Gasteiger partial charge is 0.225 e. The summed E-state index contributed by atoms with van der Waals surface area (Å²) in [5, 5.41) is 3.09. The molecule has 0 saturated carbocycles. The van der Waals surface area contributed by atoms with Crippen molar-refractivity contribution in [2.24, 2.45) is 0 Å². The largest absolute Gasteiger partial charge is 0.478 e. The lowest BCUT2D eigenvalue weighted by molar-refractivity contribution is 0.305. The second kappa shape index (κ2) is 7.52. The second-order valence-electron chi connectivity index (χ2n) is 3.17. The van der Waals surface area contributed by atoms with Gasteiger partial charge >= 0.3 is 0 Å². The Labute approximate surface area is 96.5 Å². The number of hydrogen-bond donors (Lipinski definition) is 1. The molecular weight excluding hydrogens is 202 g/mol. The molecule has 0 aliphatic heterocycles. The lowest BCUT2D eigenvalue weighted by atomic mass is 10.4. The molecule has 0 bridgehead atoms. The molecule has 16 heavy (non-hydrogen) atoms. The molecule has 0 spiro atoms. The van der Waals surface area contributed by atoms with Crippen LogP contribution in [0.3, 0.4) is 0 Å². The van der Waals surface area contributed by atoms with Crippen molar-refractivity contribution in [1.29, 1.82) is 0 Å². The summed E-state index contributed by atoms with van der Waals surface area (Å²) in [6, 6.07) is 1.76. The van der Waals surface area contributed by atoms with Gasteiger partial charge in [0.15, 0.2) is 0 Å². The maximum Gasteiger partial charge on any atom is 0.225 e. The van der Waals surface area contributed by atoms with Gasteiger partial charge in [0.2, 0.25) is 11.8 Å². The van der Waals surface area contributed by atoms with E-state index in [0.717, 1.165) is 19.4 Å². The van der Waals surface area contributed by atoms with Crippen LogP contribution in [0.2, 0.25) is 0 Å². The average Bonchev–Trinajstić information content (AvgIpc) is 2.33. The molecule has 0 unspecified atom stereocenters. The molecule has 0 atom stereocenters. The van der Waals surface area contributed by atoms with Crippen molar-refractivity contribution in [2.75, 3.05) is 18.5 Å². The summed E-state index contributed by atoms with van der Waals surface area (Å²) < 4.78 is 5.40. The van der Waals surface area contributed by atoms with Gasteiger partial charge in [-0.1, -0.05) is 6.92 Å². The topological polar surface area (TPSA) is 47.0 Å². The molecule has 4 heteroatoms. The minimum atomic E-state index is 0.589. The third kappa shape index (κ3) is 4.65. The van der Waals surface area contributed by atoms with E-state index in [0.29, 0.717) is 18.4 Å². The summed E-state index contributed by atoms with van der Waals surface area (Å²) in [7, 11) is 0. The van der Waals surface area contributed by atoms with Crippen molar-refractivity contribution in [3.8, 4) is 17.7 Å². The summed E-state index contributed by atoms with van der Waals surface area (Å²) >= 11 is 0. The van der Waals surface area contributed by atoms with Crippen molar-refractivity contribution >= 4 is 5.95 Å². The summed E-state index contributed by atoms with van der Waals surface area (Å²) in [6.45, 7) is 5.31. The van der Waals surface area contributed by atoms with Gasteiger partial charge in [-0.05, 0) is 13.3 Å². The van der Waals surface area contributed by atoms with E-state index in [4.69, 9.17) is 4.74 Å². The number of anilines is 1. The number of hydrogen-bond acceptors (Lipinski definition) is 4. The molecule has 1 rings (SSSR count). The summed E-state index contributed by atoms with van der Waals surface area (Å²) in [5.74, 6) is 7.01. The van der Waals surface area contributed by atoms with E-state index < -0.39 is 0 Å². The van der Waals surface area contributed by atoms with Crippen LogP contribution in [0.5, 0.6) is 5.88 Å². The third-order valence-electron chi connectivity index (χ3n) is 1.79. The number of aromatic nitrogens is 2. The first kappa shape index (κ1) is 12.3. The molecular formula is C12H17N3O. The number of nitrogens with zero attached hydrogens (tertiary/aromatic N) is 2. The maximum atomic E-state index is 5.40. The van der Waals surface area contributed by atoms with Crippen LogP contribution in [0.4, 0.5) is 5.95 Å². The molecule has 0 fully saturated rings. The van der Waals surface area contributed by atoms with Gasteiger partial charge < -0.3 is 10.1 Å². The van der Waals surface area contributed by atoms with Crippen LogP contribution < -0.4 is 10.1 Å². The maximum absolute atomic E-state index is 5.40. The van der Waals surface area contributed by atoms with Gasteiger partial charge in [-0.15, -0.1) is 11.8 Å². The van der Waals surface area contributed by atoms with Gasteiger partial charge in [-0.3, -0.25) is 0 Å². The molecule has 1 N–H and O–H groups in total. The van der Waals surface area contributed by atoms with Gasteiger partial charge in [-0.25, -0.2) is 4.98 Å². The van der Waals surface area contributed by atoms with Crippen molar-refractivity contribution in [3.63, 3.8) is 0 Å². The Bertz CT molecular complexity index is 368. The highest BCUT2D eigenvalue weighted by molar-refractivity contribution is 5.27. The standard InChI is InChI=1S/C12H17N3O/c1-3-5-6-8-13-12-14-9-7-11(15-12)16-10-4-2/h7,9H,4,6,8,10H2,1-2H3,(H,13,14,15).